The van der Waals surface area contributed by atoms with Crippen LogP contribution in [0.4, 0.5) is 5.82 Å². The minimum absolute atomic E-state index is 0.0559. The highest BCUT2D eigenvalue weighted by Gasteiger charge is 2.18. The molecule has 0 radical (unpaired) electrons. The molecule has 8 heteroatoms. The van der Waals surface area contributed by atoms with E-state index in [-0.39, 0.29) is 29.5 Å². The molecule has 1 heterocycles. The Morgan fingerprint density at radius 3 is 2.52 bits per heavy atom. The van der Waals surface area contributed by atoms with Crippen molar-refractivity contribution in [3.8, 4) is 11.5 Å². The highest BCUT2D eigenvalue weighted by molar-refractivity contribution is 6.07. The number of aliphatic hydroxyl groups excluding tert-OH is 1. The van der Waals surface area contributed by atoms with E-state index in [2.05, 4.69) is 29.4 Å². The maximum atomic E-state index is 12.9. The number of Topliss-reactive ketones (excluding diaryl/α,β-unsaturated/α-hetero) is 1. The molecule has 3 aromatic rings. The molecule has 0 aliphatic heterocycles. The van der Waals surface area contributed by atoms with Gasteiger partial charge in [-0.15, -0.1) is 0 Å². The summed E-state index contributed by atoms with van der Waals surface area (Å²) in [7, 11) is 3.39. The fraction of sp³-hybridized carbons (Fsp3) is 0.417. The van der Waals surface area contributed by atoms with Crippen LogP contribution in [0.3, 0.4) is 0 Å². The van der Waals surface area contributed by atoms with Crippen molar-refractivity contribution in [1.82, 2.24) is 10.3 Å². The number of methoxy groups -OCH3 is 1. The van der Waals surface area contributed by atoms with Crippen molar-refractivity contribution < 1.29 is 24.5 Å². The number of carbonyl (C=O) groups excluding carboxylic acids is 2. The lowest BCUT2D eigenvalue weighted by atomic mass is 9.91. The van der Waals surface area contributed by atoms with E-state index in [0.29, 0.717) is 41.3 Å². The van der Waals surface area contributed by atoms with Gasteiger partial charge < -0.3 is 26.0 Å². The highest BCUT2D eigenvalue weighted by atomic mass is 16.5. The van der Waals surface area contributed by atoms with Gasteiger partial charge in [-0.2, -0.15) is 0 Å². The molecule has 0 saturated carbocycles. The number of nitrogens with two attached hydrogens (primary N) is 1. The Morgan fingerprint density at radius 1 is 1.05 bits per heavy atom. The number of aromatic hydroxyl groups is 1. The van der Waals surface area contributed by atoms with Gasteiger partial charge in [0.15, 0.2) is 17.3 Å². The number of rotatable bonds is 19. The molecule has 0 spiro atoms. The first-order valence-electron chi connectivity index (χ1n) is 15.4. The van der Waals surface area contributed by atoms with Gasteiger partial charge in [0.1, 0.15) is 11.6 Å². The smallest absolute Gasteiger partial charge is 0.163 e. The molecule has 1 atom stereocenters. The fourth-order valence-corrected chi connectivity index (χ4v) is 5.46. The van der Waals surface area contributed by atoms with E-state index in [0.717, 1.165) is 56.2 Å². The number of aromatic nitrogens is 1. The molecule has 0 unspecified atom stereocenters. The van der Waals surface area contributed by atoms with Gasteiger partial charge >= 0.3 is 0 Å². The van der Waals surface area contributed by atoms with Crippen LogP contribution in [-0.2, 0) is 28.9 Å². The number of nitrogens with zero attached hydrogens (tertiary/aromatic N) is 1. The third-order valence-corrected chi connectivity index (χ3v) is 7.84. The number of carbonyl (C=O) groups is 2. The summed E-state index contributed by atoms with van der Waals surface area (Å²) in [5.41, 5.74) is 10.8. The summed E-state index contributed by atoms with van der Waals surface area (Å²) in [6, 6.07) is 15.2. The van der Waals surface area contributed by atoms with Gasteiger partial charge in [-0.05, 0) is 109 Å². The van der Waals surface area contributed by atoms with E-state index in [1.807, 2.05) is 31.3 Å². The molecule has 0 bridgehead atoms. The average molecular weight is 602 g/mol. The number of hydrogen-bond donors (Lipinski definition) is 4. The lowest BCUT2D eigenvalue weighted by Gasteiger charge is -2.17. The van der Waals surface area contributed by atoms with Crippen molar-refractivity contribution in [3.63, 3.8) is 0 Å². The molecule has 2 aromatic carbocycles. The van der Waals surface area contributed by atoms with Crippen LogP contribution in [-0.4, -0.2) is 54.1 Å². The van der Waals surface area contributed by atoms with E-state index < -0.39 is 6.61 Å². The van der Waals surface area contributed by atoms with Gasteiger partial charge in [-0.3, -0.25) is 9.59 Å². The summed E-state index contributed by atoms with van der Waals surface area (Å²) in [6.45, 7) is 2.76. The van der Waals surface area contributed by atoms with Crippen molar-refractivity contribution in [3.05, 3.63) is 88.6 Å². The maximum absolute atomic E-state index is 12.9. The van der Waals surface area contributed by atoms with Crippen molar-refractivity contribution in [2.45, 2.75) is 64.7 Å². The number of aryl methyl sites for hydroxylation is 2. The van der Waals surface area contributed by atoms with E-state index in [1.54, 1.807) is 18.3 Å². The summed E-state index contributed by atoms with van der Waals surface area (Å²) in [5, 5.41) is 24.1. The molecule has 236 valence electrons. The standard InChI is InChI=1S/C36H47N3O5/c1-25(22-38-2)10-6-4-9-13-31(41)20-32(42)17-30(24-40)33-21-35(44-3)34(43)18-28(33)16-29-23-39-36(37)19-27(29)15-14-26-11-7-5-8-12-26/h5,7-8,11-12,17-19,21,23,25,38,40,43H,4,6,9-10,13-16,20,22,24H2,1-3H3,(H2,37,39)/t25-/m1/s1. The number of benzene rings is 2. The number of nitrogen functional groups attached to an aromatic ring is 1. The Labute approximate surface area is 261 Å². The first-order valence-corrected chi connectivity index (χ1v) is 15.4. The summed E-state index contributed by atoms with van der Waals surface area (Å²) in [6.07, 6.45) is 9.03. The Bertz CT molecular complexity index is 1400. The molecule has 44 heavy (non-hydrogen) atoms. The number of ether oxygens (including phenoxy) is 1. The fourth-order valence-electron chi connectivity index (χ4n) is 5.46. The van der Waals surface area contributed by atoms with Gasteiger partial charge in [0.25, 0.3) is 0 Å². The Morgan fingerprint density at radius 2 is 1.82 bits per heavy atom. The summed E-state index contributed by atoms with van der Waals surface area (Å²) < 4.78 is 5.34. The van der Waals surface area contributed by atoms with E-state index in [4.69, 9.17) is 10.5 Å². The predicted octanol–water partition coefficient (Wildman–Crippen LogP) is 5.46. The van der Waals surface area contributed by atoms with Gasteiger partial charge in [0.2, 0.25) is 0 Å². The average Bonchev–Trinajstić information content (AvgIpc) is 3.00. The van der Waals surface area contributed by atoms with Gasteiger partial charge in [-0.25, -0.2) is 4.98 Å². The molecule has 0 saturated heterocycles. The zero-order valence-corrected chi connectivity index (χ0v) is 26.3. The van der Waals surface area contributed by atoms with Crippen LogP contribution < -0.4 is 15.8 Å². The number of allylic oxidation sites excluding steroid dienone is 1. The second kappa shape index (κ2) is 18.0. The number of phenolic OH excluding ortho intramolecular Hbond substituents is 1. The molecule has 8 nitrogen and oxygen atoms in total. The predicted molar refractivity (Wildman–Crippen MR) is 176 cm³/mol. The normalized spacial score (nSPS) is 12.2. The second-order valence-corrected chi connectivity index (χ2v) is 11.5. The number of aliphatic hydroxyl groups is 1. The van der Waals surface area contributed by atoms with Gasteiger partial charge in [0.05, 0.1) is 20.1 Å². The molecule has 3 rings (SSSR count). The molecule has 0 amide bonds. The molecule has 0 aliphatic carbocycles. The minimum Gasteiger partial charge on any atom is -0.504 e. The summed E-state index contributed by atoms with van der Waals surface area (Å²) >= 11 is 0. The quantitative estimate of drug-likeness (QED) is 0.0808. The molecule has 1 aromatic heterocycles. The van der Waals surface area contributed by atoms with Crippen LogP contribution in [0.2, 0.25) is 0 Å². The SMILES string of the molecule is CNC[C@H](C)CCCCCC(=O)CC(=O)C=C(CO)c1cc(OC)c(O)cc1Cc1cnc(N)cc1CCc1ccccc1. The maximum Gasteiger partial charge on any atom is 0.163 e. The Hall–Kier alpha value is -4.01. The number of ketones is 2. The van der Waals surface area contributed by atoms with Crippen LogP contribution >= 0.6 is 0 Å². The summed E-state index contributed by atoms with van der Waals surface area (Å²) in [5.74, 6) is 0.711. The van der Waals surface area contributed by atoms with Crippen LogP contribution in [0.15, 0.2) is 60.8 Å². The lowest BCUT2D eigenvalue weighted by molar-refractivity contribution is -0.124. The number of anilines is 1. The van der Waals surface area contributed by atoms with Gasteiger partial charge in [0, 0.05) is 12.6 Å². The van der Waals surface area contributed by atoms with Crippen molar-refractivity contribution in [2.24, 2.45) is 5.92 Å². The molecule has 0 aliphatic rings. The zero-order chi connectivity index (χ0) is 31.9. The van der Waals surface area contributed by atoms with E-state index in [1.165, 1.54) is 18.7 Å². The number of hydrogen-bond acceptors (Lipinski definition) is 8. The first kappa shape index (κ1) is 34.5. The topological polar surface area (TPSA) is 135 Å². The molecular formula is C36H47N3O5. The Balaban J connectivity index is 1.76. The third-order valence-electron chi connectivity index (χ3n) is 7.84. The Kier molecular flexibility index (Phi) is 14.1. The number of unbranched alkanes of at least 4 members (excludes halogenated alkanes) is 2. The second-order valence-electron chi connectivity index (χ2n) is 11.5. The lowest BCUT2D eigenvalue weighted by Crippen LogP contribution is -2.15. The molecular weight excluding hydrogens is 554 g/mol. The van der Waals surface area contributed by atoms with Gasteiger partial charge in [-0.1, -0.05) is 50.1 Å². The zero-order valence-electron chi connectivity index (χ0n) is 26.3. The monoisotopic (exact) mass is 601 g/mol. The minimum atomic E-state index is -0.424. The van der Waals surface area contributed by atoms with Crippen molar-refractivity contribution in [1.29, 1.82) is 0 Å². The summed E-state index contributed by atoms with van der Waals surface area (Å²) in [4.78, 5) is 29.8. The largest absolute Gasteiger partial charge is 0.504 e. The van der Waals surface area contributed by atoms with Crippen molar-refractivity contribution >= 4 is 23.0 Å². The highest BCUT2D eigenvalue weighted by Crippen LogP contribution is 2.34. The number of pyridine rings is 1. The number of nitrogens with one attached hydrogen (secondary N) is 1. The van der Waals surface area contributed by atoms with E-state index >= 15 is 0 Å². The molecule has 0 fully saturated rings. The third kappa shape index (κ3) is 10.9. The van der Waals surface area contributed by atoms with Crippen LogP contribution in [0.25, 0.3) is 5.57 Å². The van der Waals surface area contributed by atoms with E-state index in [9.17, 15) is 19.8 Å². The first-order chi connectivity index (χ1) is 21.2. The number of phenols is 1. The molecule has 5 N–H and O–H groups in total. The van der Waals surface area contributed by atoms with Crippen LogP contribution in [0.5, 0.6) is 11.5 Å². The van der Waals surface area contributed by atoms with Crippen molar-refractivity contribution in [2.75, 3.05) is 33.0 Å². The van der Waals surface area contributed by atoms with Crippen LogP contribution in [0.1, 0.15) is 73.3 Å². The van der Waals surface area contributed by atoms with Crippen LogP contribution in [0, 0.1) is 5.92 Å².